The number of hydrogen-bond donors (Lipinski definition) is 1. The van der Waals surface area contributed by atoms with E-state index in [0.717, 1.165) is 12.5 Å². The van der Waals surface area contributed by atoms with Crippen molar-refractivity contribution in [3.8, 4) is 0 Å². The smallest absolute Gasteiger partial charge is 0.0411 e. The van der Waals surface area contributed by atoms with Crippen molar-refractivity contribution in [2.24, 2.45) is 0 Å². The average Bonchev–Trinajstić information content (AvgIpc) is 2.32. The van der Waals surface area contributed by atoms with Crippen LogP contribution in [0.5, 0.6) is 0 Å². The van der Waals surface area contributed by atoms with E-state index in [4.69, 9.17) is 0 Å². The van der Waals surface area contributed by atoms with Gasteiger partial charge >= 0.3 is 0 Å². The highest BCUT2D eigenvalue weighted by atomic mass is 32.2. The minimum absolute atomic E-state index is 0.498. The normalized spacial score (nSPS) is 17.5. The van der Waals surface area contributed by atoms with E-state index in [1.807, 2.05) is 11.8 Å². The molecular weight excluding hydrogens is 250 g/mol. The summed E-state index contributed by atoms with van der Waals surface area (Å²) in [7, 11) is 0. The zero-order chi connectivity index (χ0) is 13.7. The maximum absolute atomic E-state index is 3.64. The van der Waals surface area contributed by atoms with Gasteiger partial charge < -0.3 is 5.32 Å². The predicted molar refractivity (Wildman–Crippen MR) is 87.0 cm³/mol. The molecule has 1 unspecified atom stereocenters. The van der Waals surface area contributed by atoms with Gasteiger partial charge in [-0.25, -0.2) is 0 Å². The lowest BCUT2D eigenvalue weighted by atomic mass is 9.79. The summed E-state index contributed by atoms with van der Waals surface area (Å²) in [6, 6.07) is 9.78. The molecule has 2 rings (SSSR count). The lowest BCUT2D eigenvalue weighted by Crippen LogP contribution is -2.24. The van der Waals surface area contributed by atoms with Gasteiger partial charge in [-0.3, -0.25) is 0 Å². The van der Waals surface area contributed by atoms with E-state index in [2.05, 4.69) is 50.4 Å². The molecule has 0 radical (unpaired) electrons. The van der Waals surface area contributed by atoms with Gasteiger partial charge in [-0.05, 0) is 41.7 Å². The second kappa shape index (κ2) is 7.35. The first kappa shape index (κ1) is 14.9. The van der Waals surface area contributed by atoms with Crippen molar-refractivity contribution in [2.45, 2.75) is 57.2 Å². The molecule has 2 heteroatoms. The summed E-state index contributed by atoms with van der Waals surface area (Å²) < 4.78 is 0. The molecule has 0 aliphatic heterocycles. The third-order valence-electron chi connectivity index (χ3n) is 3.94. The van der Waals surface area contributed by atoms with E-state index < -0.39 is 0 Å². The second-order valence-corrected chi connectivity index (χ2v) is 7.40. The van der Waals surface area contributed by atoms with Crippen LogP contribution in [-0.2, 0) is 0 Å². The fourth-order valence-corrected chi connectivity index (χ4v) is 3.47. The molecule has 106 valence electrons. The highest BCUT2D eigenvalue weighted by Crippen LogP contribution is 2.37. The van der Waals surface area contributed by atoms with E-state index in [1.165, 1.54) is 30.6 Å². The maximum atomic E-state index is 3.64. The Kier molecular flexibility index (Phi) is 5.77. The number of thioether (sulfide) groups is 1. The molecule has 1 saturated carbocycles. The van der Waals surface area contributed by atoms with E-state index in [-0.39, 0.29) is 0 Å². The number of rotatable bonds is 7. The summed E-state index contributed by atoms with van der Waals surface area (Å²) in [5.74, 6) is 2.00. The first-order valence-corrected chi connectivity index (χ1v) is 8.70. The van der Waals surface area contributed by atoms with Crippen molar-refractivity contribution >= 4 is 11.8 Å². The molecule has 1 aromatic carbocycles. The zero-order valence-corrected chi connectivity index (χ0v) is 13.3. The highest BCUT2D eigenvalue weighted by molar-refractivity contribution is 7.99. The van der Waals surface area contributed by atoms with E-state index in [1.54, 1.807) is 5.56 Å². The second-order valence-electron chi connectivity index (χ2n) is 5.79. The minimum atomic E-state index is 0.498. The Bertz CT molecular complexity index is 385. The summed E-state index contributed by atoms with van der Waals surface area (Å²) >= 11 is 2.05. The van der Waals surface area contributed by atoms with Gasteiger partial charge in [0, 0.05) is 11.8 Å². The zero-order valence-electron chi connectivity index (χ0n) is 12.5. The van der Waals surface area contributed by atoms with Crippen LogP contribution < -0.4 is 5.32 Å². The van der Waals surface area contributed by atoms with Gasteiger partial charge in [0.2, 0.25) is 0 Å². The predicted octanol–water partition coefficient (Wildman–Crippen LogP) is 4.75. The Labute approximate surface area is 122 Å². The molecule has 1 atom stereocenters. The molecule has 1 aromatic rings. The molecule has 0 heterocycles. The Balaban J connectivity index is 2.06. The summed E-state index contributed by atoms with van der Waals surface area (Å²) in [5, 5.41) is 4.34. The third kappa shape index (κ3) is 4.25. The molecule has 1 aliphatic rings. The van der Waals surface area contributed by atoms with Crippen LogP contribution in [-0.4, -0.2) is 17.5 Å². The summed E-state index contributed by atoms with van der Waals surface area (Å²) in [4.78, 5) is 0. The summed E-state index contributed by atoms with van der Waals surface area (Å²) in [6.07, 6.45) is 4.18. The molecule has 19 heavy (non-hydrogen) atoms. The van der Waals surface area contributed by atoms with Crippen LogP contribution in [0, 0.1) is 0 Å². The molecular formula is C17H27NS. The highest BCUT2D eigenvalue weighted by Gasteiger charge is 2.20. The topological polar surface area (TPSA) is 12.0 Å². The van der Waals surface area contributed by atoms with E-state index in [0.29, 0.717) is 11.3 Å². The molecule has 0 saturated heterocycles. The average molecular weight is 277 g/mol. The molecule has 1 N–H and O–H groups in total. The van der Waals surface area contributed by atoms with Gasteiger partial charge in [-0.2, -0.15) is 11.8 Å². The fourth-order valence-electron chi connectivity index (χ4n) is 2.58. The van der Waals surface area contributed by atoms with Gasteiger partial charge in [0.15, 0.2) is 0 Å². The van der Waals surface area contributed by atoms with Gasteiger partial charge in [0.05, 0.1) is 0 Å². The molecule has 1 fully saturated rings. The van der Waals surface area contributed by atoms with Crippen molar-refractivity contribution in [3.63, 3.8) is 0 Å². The number of hydrogen-bond acceptors (Lipinski definition) is 2. The number of benzene rings is 1. The van der Waals surface area contributed by atoms with Gasteiger partial charge in [-0.1, -0.05) is 51.5 Å². The van der Waals surface area contributed by atoms with Crippen molar-refractivity contribution in [1.29, 1.82) is 0 Å². The lowest BCUT2D eigenvalue weighted by molar-refractivity contribution is 0.419. The Hall–Kier alpha value is -0.470. The van der Waals surface area contributed by atoms with Crippen LogP contribution in [0.3, 0.4) is 0 Å². The fraction of sp³-hybridized carbons (Fsp3) is 0.647. The molecule has 1 aliphatic carbocycles. The van der Waals surface area contributed by atoms with Gasteiger partial charge in [0.25, 0.3) is 0 Å². The quantitative estimate of drug-likeness (QED) is 0.772. The standard InChI is InChI=1S/C17H27NS/c1-4-18-17(12-19-13(2)3)16-10-6-9-15(11-16)14-7-5-8-14/h6,9-11,13-14,17-18H,4-5,7-8,12H2,1-3H3. The van der Waals surface area contributed by atoms with Crippen LogP contribution in [0.15, 0.2) is 24.3 Å². The van der Waals surface area contributed by atoms with Gasteiger partial charge in [-0.15, -0.1) is 0 Å². The lowest BCUT2D eigenvalue weighted by Gasteiger charge is -2.27. The van der Waals surface area contributed by atoms with E-state index in [9.17, 15) is 0 Å². The van der Waals surface area contributed by atoms with Crippen molar-refractivity contribution in [3.05, 3.63) is 35.4 Å². The van der Waals surface area contributed by atoms with Gasteiger partial charge in [0.1, 0.15) is 0 Å². The van der Waals surface area contributed by atoms with Crippen LogP contribution in [0.4, 0.5) is 0 Å². The molecule has 0 bridgehead atoms. The largest absolute Gasteiger partial charge is 0.310 e. The van der Waals surface area contributed by atoms with Crippen molar-refractivity contribution in [1.82, 2.24) is 5.32 Å². The Morgan fingerprint density at radius 2 is 2.11 bits per heavy atom. The Morgan fingerprint density at radius 3 is 2.68 bits per heavy atom. The first-order chi connectivity index (χ1) is 9.20. The number of nitrogens with one attached hydrogen (secondary N) is 1. The summed E-state index contributed by atoms with van der Waals surface area (Å²) in [5.41, 5.74) is 3.03. The van der Waals surface area contributed by atoms with E-state index >= 15 is 0 Å². The van der Waals surface area contributed by atoms with Crippen molar-refractivity contribution in [2.75, 3.05) is 12.3 Å². The SMILES string of the molecule is CCNC(CSC(C)C)c1cccc(C2CCC2)c1. The van der Waals surface area contributed by atoms with Crippen LogP contribution in [0.2, 0.25) is 0 Å². The molecule has 0 amide bonds. The monoisotopic (exact) mass is 277 g/mol. The van der Waals surface area contributed by atoms with Crippen LogP contribution >= 0.6 is 11.8 Å². The minimum Gasteiger partial charge on any atom is -0.310 e. The van der Waals surface area contributed by atoms with Crippen LogP contribution in [0.25, 0.3) is 0 Å². The summed E-state index contributed by atoms with van der Waals surface area (Å²) in [6.45, 7) is 7.79. The third-order valence-corrected chi connectivity index (χ3v) is 5.13. The van der Waals surface area contributed by atoms with Crippen molar-refractivity contribution < 1.29 is 0 Å². The molecule has 1 nitrogen and oxygen atoms in total. The molecule has 0 aromatic heterocycles. The Morgan fingerprint density at radius 1 is 1.32 bits per heavy atom. The molecule has 0 spiro atoms. The van der Waals surface area contributed by atoms with Crippen LogP contribution in [0.1, 0.15) is 63.1 Å². The first-order valence-electron chi connectivity index (χ1n) is 7.65. The maximum Gasteiger partial charge on any atom is 0.0411 e.